The number of carbonyl (C=O) groups is 1. The van der Waals surface area contributed by atoms with E-state index in [-0.39, 0.29) is 21.9 Å². The lowest BCUT2D eigenvalue weighted by Crippen LogP contribution is -2.52. The van der Waals surface area contributed by atoms with Crippen LogP contribution in [0.1, 0.15) is 20.3 Å². The Morgan fingerprint density at radius 3 is 2.58 bits per heavy atom. The molecule has 0 aliphatic carbocycles. The molecule has 1 aliphatic rings. The van der Waals surface area contributed by atoms with Gasteiger partial charge in [-0.05, 0) is 24.5 Å². The second-order valence-electron chi connectivity index (χ2n) is 6.06. The molecular formula is C15H22ClN3O4S. The summed E-state index contributed by atoms with van der Waals surface area (Å²) < 4.78 is 32.8. The summed E-state index contributed by atoms with van der Waals surface area (Å²) in [6.45, 7) is 5.76. The maximum Gasteiger partial charge on any atom is 0.242 e. The summed E-state index contributed by atoms with van der Waals surface area (Å²) in [6.07, 6.45) is 1.59. The minimum atomic E-state index is -3.86. The van der Waals surface area contributed by atoms with Gasteiger partial charge in [-0.1, -0.05) is 25.4 Å². The standard InChI is InChI=1S/C15H22ClN3O4S/c1-11(2)9-13(15(20)19-5-7-23-8-6-19)18-24(21,22)12-3-4-14(16)17-10-12/h3-4,10-11,13,18H,5-9H2,1-2H3/t13-/m1/s1. The van der Waals surface area contributed by atoms with Crippen LogP contribution in [-0.4, -0.2) is 56.6 Å². The molecule has 1 fully saturated rings. The number of morpholine rings is 1. The van der Waals surface area contributed by atoms with E-state index >= 15 is 0 Å². The molecular weight excluding hydrogens is 354 g/mol. The van der Waals surface area contributed by atoms with E-state index in [0.29, 0.717) is 32.7 Å². The van der Waals surface area contributed by atoms with Crippen LogP contribution in [-0.2, 0) is 19.6 Å². The first-order valence-electron chi connectivity index (χ1n) is 7.80. The summed E-state index contributed by atoms with van der Waals surface area (Å²) in [6, 6.07) is 1.95. The average Bonchev–Trinajstić information content (AvgIpc) is 2.54. The van der Waals surface area contributed by atoms with Gasteiger partial charge in [-0.25, -0.2) is 13.4 Å². The zero-order valence-corrected chi connectivity index (χ0v) is 15.3. The fourth-order valence-corrected chi connectivity index (χ4v) is 3.71. The Kier molecular flexibility index (Phi) is 6.56. The SMILES string of the molecule is CC(C)C[C@@H](NS(=O)(=O)c1ccc(Cl)nc1)C(=O)N1CCOCC1. The molecule has 1 amide bonds. The second-order valence-corrected chi connectivity index (χ2v) is 8.16. The Balaban J connectivity index is 2.17. The van der Waals surface area contributed by atoms with Crippen LogP contribution in [0.4, 0.5) is 0 Å². The zero-order chi connectivity index (χ0) is 17.7. The zero-order valence-electron chi connectivity index (χ0n) is 13.7. The third kappa shape index (κ3) is 5.14. The van der Waals surface area contributed by atoms with Crippen molar-refractivity contribution in [3.8, 4) is 0 Å². The van der Waals surface area contributed by atoms with Crippen LogP contribution < -0.4 is 4.72 Å². The molecule has 0 aromatic carbocycles. The van der Waals surface area contributed by atoms with Crippen LogP contribution >= 0.6 is 11.6 Å². The van der Waals surface area contributed by atoms with Gasteiger partial charge in [-0.3, -0.25) is 4.79 Å². The number of amides is 1. The summed E-state index contributed by atoms with van der Waals surface area (Å²) in [5, 5.41) is 0.206. The lowest BCUT2D eigenvalue weighted by molar-refractivity contribution is -0.137. The first kappa shape index (κ1) is 19.1. The number of carbonyl (C=O) groups excluding carboxylic acids is 1. The molecule has 0 unspecified atom stereocenters. The predicted molar refractivity (Wildman–Crippen MR) is 90.2 cm³/mol. The van der Waals surface area contributed by atoms with Crippen LogP contribution in [0, 0.1) is 5.92 Å². The van der Waals surface area contributed by atoms with E-state index in [9.17, 15) is 13.2 Å². The topological polar surface area (TPSA) is 88.6 Å². The Morgan fingerprint density at radius 2 is 2.04 bits per heavy atom. The van der Waals surface area contributed by atoms with E-state index in [1.54, 1.807) is 4.90 Å². The Hall–Kier alpha value is -1.22. The largest absolute Gasteiger partial charge is 0.378 e. The maximum atomic E-state index is 12.7. The van der Waals surface area contributed by atoms with E-state index in [2.05, 4.69) is 9.71 Å². The summed E-state index contributed by atoms with van der Waals surface area (Å²) in [4.78, 5) is 18.1. The van der Waals surface area contributed by atoms with Crippen molar-refractivity contribution in [3.05, 3.63) is 23.5 Å². The van der Waals surface area contributed by atoms with Crippen LogP contribution in [0.15, 0.2) is 23.2 Å². The van der Waals surface area contributed by atoms with Gasteiger partial charge < -0.3 is 9.64 Å². The molecule has 2 heterocycles. The van der Waals surface area contributed by atoms with Crippen LogP contribution in [0.5, 0.6) is 0 Å². The minimum Gasteiger partial charge on any atom is -0.378 e. The number of nitrogens with zero attached hydrogens (tertiary/aromatic N) is 2. The van der Waals surface area contributed by atoms with Gasteiger partial charge in [0.15, 0.2) is 0 Å². The van der Waals surface area contributed by atoms with E-state index in [1.807, 2.05) is 13.8 Å². The van der Waals surface area contributed by atoms with Gasteiger partial charge in [0.05, 0.1) is 13.2 Å². The van der Waals surface area contributed by atoms with Crippen molar-refractivity contribution in [2.45, 2.75) is 31.2 Å². The number of aromatic nitrogens is 1. The normalized spacial score (nSPS) is 17.1. The smallest absolute Gasteiger partial charge is 0.242 e. The number of hydrogen-bond acceptors (Lipinski definition) is 5. The lowest BCUT2D eigenvalue weighted by atomic mass is 10.0. The highest BCUT2D eigenvalue weighted by Crippen LogP contribution is 2.15. The second kappa shape index (κ2) is 8.24. The lowest BCUT2D eigenvalue weighted by Gasteiger charge is -2.31. The summed E-state index contributed by atoms with van der Waals surface area (Å²) in [7, 11) is -3.86. The van der Waals surface area contributed by atoms with Gasteiger partial charge in [0.25, 0.3) is 0 Å². The number of halogens is 1. The molecule has 1 aromatic heterocycles. The maximum absolute atomic E-state index is 12.7. The third-order valence-corrected chi connectivity index (χ3v) is 5.32. The number of pyridine rings is 1. The van der Waals surface area contributed by atoms with Crippen LogP contribution in [0.2, 0.25) is 5.15 Å². The van der Waals surface area contributed by atoms with Gasteiger partial charge in [0.1, 0.15) is 16.1 Å². The summed E-state index contributed by atoms with van der Waals surface area (Å²) in [5.41, 5.74) is 0. The van der Waals surface area contributed by atoms with E-state index in [0.717, 1.165) is 0 Å². The minimum absolute atomic E-state index is 0.0181. The summed E-state index contributed by atoms with van der Waals surface area (Å²) >= 11 is 5.69. The van der Waals surface area contributed by atoms with Gasteiger partial charge in [0.2, 0.25) is 15.9 Å². The van der Waals surface area contributed by atoms with E-state index in [1.165, 1.54) is 18.3 Å². The third-order valence-electron chi connectivity index (χ3n) is 3.64. The first-order chi connectivity index (χ1) is 11.3. The summed E-state index contributed by atoms with van der Waals surface area (Å²) in [5.74, 6) is -0.0662. The molecule has 1 atom stereocenters. The molecule has 9 heteroatoms. The monoisotopic (exact) mass is 375 g/mol. The Morgan fingerprint density at radius 1 is 1.38 bits per heavy atom. The molecule has 0 bridgehead atoms. The molecule has 7 nitrogen and oxygen atoms in total. The van der Waals surface area contributed by atoms with Gasteiger partial charge >= 0.3 is 0 Å². The van der Waals surface area contributed by atoms with Crippen molar-refractivity contribution in [2.75, 3.05) is 26.3 Å². The van der Waals surface area contributed by atoms with Crippen molar-refractivity contribution in [2.24, 2.45) is 5.92 Å². The quantitative estimate of drug-likeness (QED) is 0.757. The van der Waals surface area contributed by atoms with Crippen LogP contribution in [0.3, 0.4) is 0 Å². The van der Waals surface area contributed by atoms with Crippen molar-refractivity contribution < 1.29 is 17.9 Å². The fourth-order valence-electron chi connectivity index (χ4n) is 2.45. The number of sulfonamides is 1. The predicted octanol–water partition coefficient (Wildman–Crippen LogP) is 1.29. The molecule has 0 spiro atoms. The highest BCUT2D eigenvalue weighted by molar-refractivity contribution is 7.89. The molecule has 1 aromatic rings. The highest BCUT2D eigenvalue weighted by atomic mass is 35.5. The van der Waals surface area contributed by atoms with Gasteiger partial charge in [-0.2, -0.15) is 4.72 Å². The molecule has 134 valence electrons. The van der Waals surface area contributed by atoms with Gasteiger partial charge in [-0.15, -0.1) is 0 Å². The molecule has 1 N–H and O–H groups in total. The first-order valence-corrected chi connectivity index (χ1v) is 9.66. The van der Waals surface area contributed by atoms with Crippen LogP contribution in [0.25, 0.3) is 0 Å². The number of nitrogens with one attached hydrogen (secondary N) is 1. The Labute approximate surface area is 147 Å². The van der Waals surface area contributed by atoms with Crippen molar-refractivity contribution in [1.82, 2.24) is 14.6 Å². The Bertz CT molecular complexity index is 658. The molecule has 2 rings (SSSR count). The molecule has 0 radical (unpaired) electrons. The van der Waals surface area contributed by atoms with Crippen molar-refractivity contribution >= 4 is 27.5 Å². The highest BCUT2D eigenvalue weighted by Gasteiger charge is 2.30. The molecule has 1 aliphatic heterocycles. The molecule has 1 saturated heterocycles. The number of rotatable bonds is 6. The molecule has 24 heavy (non-hydrogen) atoms. The fraction of sp³-hybridized carbons (Fsp3) is 0.600. The average molecular weight is 376 g/mol. The number of ether oxygens (including phenoxy) is 1. The van der Waals surface area contributed by atoms with Crippen molar-refractivity contribution in [3.63, 3.8) is 0 Å². The number of hydrogen-bond donors (Lipinski definition) is 1. The van der Waals surface area contributed by atoms with Gasteiger partial charge in [0, 0.05) is 19.3 Å². The van der Waals surface area contributed by atoms with Crippen molar-refractivity contribution in [1.29, 1.82) is 0 Å². The van der Waals surface area contributed by atoms with E-state index < -0.39 is 16.1 Å². The van der Waals surface area contributed by atoms with E-state index in [4.69, 9.17) is 16.3 Å². The molecule has 0 saturated carbocycles.